The number of aliphatic hydroxyl groups is 4. The molecule has 0 saturated carbocycles. The summed E-state index contributed by atoms with van der Waals surface area (Å²) in [4.78, 5) is 0. The van der Waals surface area contributed by atoms with Crippen LogP contribution in [0.1, 0.15) is 90.9 Å². The van der Waals surface area contributed by atoms with Crippen molar-refractivity contribution in [2.75, 3.05) is 0 Å². The summed E-state index contributed by atoms with van der Waals surface area (Å²) in [6, 6.07) is 0. The van der Waals surface area contributed by atoms with E-state index in [-0.39, 0.29) is 6.42 Å². The van der Waals surface area contributed by atoms with Gasteiger partial charge >= 0.3 is 0 Å². The van der Waals surface area contributed by atoms with E-state index in [4.69, 9.17) is 0 Å². The van der Waals surface area contributed by atoms with Crippen LogP contribution in [0.25, 0.3) is 0 Å². The van der Waals surface area contributed by atoms with Crippen molar-refractivity contribution in [2.45, 2.75) is 115 Å². The van der Waals surface area contributed by atoms with Gasteiger partial charge in [0.05, 0.1) is 24.4 Å². The summed E-state index contributed by atoms with van der Waals surface area (Å²) in [7, 11) is 0. The smallest absolute Gasteiger partial charge is 0.0824 e. The summed E-state index contributed by atoms with van der Waals surface area (Å²) < 4.78 is 0. The van der Waals surface area contributed by atoms with Gasteiger partial charge in [0.25, 0.3) is 0 Å². The van der Waals surface area contributed by atoms with E-state index in [1.54, 1.807) is 0 Å². The summed E-state index contributed by atoms with van der Waals surface area (Å²) in [6.45, 7) is 4.27. The van der Waals surface area contributed by atoms with Crippen molar-refractivity contribution >= 4 is 0 Å². The third-order valence-corrected chi connectivity index (χ3v) is 4.33. The number of aliphatic hydroxyl groups excluding tert-OH is 4. The van der Waals surface area contributed by atoms with Gasteiger partial charge in [-0.25, -0.2) is 0 Å². The Balaban J connectivity index is 3.76. The fourth-order valence-corrected chi connectivity index (χ4v) is 2.68. The molecule has 0 aliphatic rings. The van der Waals surface area contributed by atoms with Gasteiger partial charge in [-0.15, -0.1) is 0 Å². The molecule has 0 aromatic carbocycles. The molecule has 0 amide bonds. The summed E-state index contributed by atoms with van der Waals surface area (Å²) in [5.41, 5.74) is 0. The van der Waals surface area contributed by atoms with Gasteiger partial charge in [-0.2, -0.15) is 0 Å². The lowest BCUT2D eigenvalue weighted by molar-refractivity contribution is -0.0522. The fraction of sp³-hybridized carbons (Fsp3) is 1.00. The van der Waals surface area contributed by atoms with Gasteiger partial charge < -0.3 is 20.4 Å². The highest BCUT2D eigenvalue weighted by Crippen LogP contribution is 2.16. The van der Waals surface area contributed by atoms with Gasteiger partial charge in [0.15, 0.2) is 0 Å². The van der Waals surface area contributed by atoms with Crippen molar-refractivity contribution in [1.29, 1.82) is 0 Å². The van der Waals surface area contributed by atoms with Crippen molar-refractivity contribution in [3.8, 4) is 0 Å². The highest BCUT2D eigenvalue weighted by atomic mass is 16.3. The fourth-order valence-electron chi connectivity index (χ4n) is 2.68. The number of unbranched alkanes of at least 4 members (excludes halogenated alkanes) is 7. The Labute approximate surface area is 136 Å². The van der Waals surface area contributed by atoms with Crippen LogP contribution in [0.2, 0.25) is 0 Å². The van der Waals surface area contributed by atoms with Gasteiger partial charge in [0, 0.05) is 6.42 Å². The van der Waals surface area contributed by atoms with Crippen molar-refractivity contribution in [3.05, 3.63) is 0 Å². The minimum atomic E-state index is -0.953. The number of rotatable bonds is 15. The molecule has 0 heterocycles. The minimum absolute atomic E-state index is 0.0459. The molecule has 0 bridgehead atoms. The summed E-state index contributed by atoms with van der Waals surface area (Å²) in [5, 5.41) is 39.6. The van der Waals surface area contributed by atoms with Crippen LogP contribution in [0.4, 0.5) is 0 Å². The first-order chi connectivity index (χ1) is 10.5. The van der Waals surface area contributed by atoms with Crippen LogP contribution < -0.4 is 0 Å². The van der Waals surface area contributed by atoms with E-state index in [1.807, 2.05) is 0 Å². The van der Waals surface area contributed by atoms with Crippen LogP contribution in [0.15, 0.2) is 0 Å². The molecule has 4 N–H and O–H groups in total. The van der Waals surface area contributed by atoms with Gasteiger partial charge in [-0.3, -0.25) is 0 Å². The first-order valence-electron chi connectivity index (χ1n) is 9.25. The molecular weight excluding hydrogens is 280 g/mol. The molecule has 4 unspecified atom stereocenters. The Morgan fingerprint density at radius 1 is 0.500 bits per heavy atom. The minimum Gasteiger partial charge on any atom is -0.390 e. The van der Waals surface area contributed by atoms with Gasteiger partial charge in [0.2, 0.25) is 0 Å². The van der Waals surface area contributed by atoms with Gasteiger partial charge in [-0.1, -0.05) is 71.6 Å². The molecule has 0 aromatic heterocycles. The van der Waals surface area contributed by atoms with E-state index in [2.05, 4.69) is 13.8 Å². The first kappa shape index (κ1) is 21.8. The lowest BCUT2D eigenvalue weighted by Crippen LogP contribution is -2.35. The number of hydrogen-bond donors (Lipinski definition) is 4. The predicted octanol–water partition coefficient (Wildman–Crippen LogP) is 3.15. The molecule has 22 heavy (non-hydrogen) atoms. The molecule has 0 aliphatic carbocycles. The van der Waals surface area contributed by atoms with E-state index >= 15 is 0 Å². The Morgan fingerprint density at radius 2 is 0.864 bits per heavy atom. The third-order valence-electron chi connectivity index (χ3n) is 4.33. The van der Waals surface area contributed by atoms with E-state index in [0.29, 0.717) is 12.8 Å². The molecule has 4 heteroatoms. The average Bonchev–Trinajstić information content (AvgIpc) is 2.50. The van der Waals surface area contributed by atoms with E-state index in [1.165, 1.54) is 25.7 Å². The molecule has 4 atom stereocenters. The van der Waals surface area contributed by atoms with Crippen LogP contribution in [0, 0.1) is 0 Å². The average molecular weight is 318 g/mol. The SMILES string of the molecule is CCCCCCCCC(O)C(O)CC(O)C(O)CCCCC. The summed E-state index contributed by atoms with van der Waals surface area (Å²) >= 11 is 0. The quantitative estimate of drug-likeness (QED) is 0.350. The zero-order valence-corrected chi connectivity index (χ0v) is 14.6. The van der Waals surface area contributed by atoms with E-state index in [9.17, 15) is 20.4 Å². The Hall–Kier alpha value is -0.160. The molecule has 0 aromatic rings. The molecule has 0 rings (SSSR count). The zero-order chi connectivity index (χ0) is 16.8. The Bertz CT molecular complexity index is 235. The molecule has 0 aliphatic heterocycles. The second-order valence-corrected chi connectivity index (χ2v) is 6.56. The van der Waals surface area contributed by atoms with Gasteiger partial charge in [0.1, 0.15) is 0 Å². The standard InChI is InChI=1S/C18H38O4/c1-3-5-7-8-9-11-13-16(20)18(22)14-17(21)15(19)12-10-6-4-2/h15-22H,3-14H2,1-2H3. The molecule has 0 saturated heterocycles. The van der Waals surface area contributed by atoms with Crippen LogP contribution in [-0.4, -0.2) is 44.8 Å². The van der Waals surface area contributed by atoms with Crippen molar-refractivity contribution in [2.24, 2.45) is 0 Å². The normalized spacial score (nSPS) is 17.2. The van der Waals surface area contributed by atoms with Crippen LogP contribution in [0.5, 0.6) is 0 Å². The zero-order valence-electron chi connectivity index (χ0n) is 14.6. The van der Waals surface area contributed by atoms with E-state index < -0.39 is 24.4 Å². The van der Waals surface area contributed by atoms with Crippen molar-refractivity contribution < 1.29 is 20.4 Å². The molecule has 0 radical (unpaired) electrons. The second-order valence-electron chi connectivity index (χ2n) is 6.56. The van der Waals surface area contributed by atoms with Crippen LogP contribution in [-0.2, 0) is 0 Å². The molecule has 134 valence electrons. The van der Waals surface area contributed by atoms with Crippen molar-refractivity contribution in [1.82, 2.24) is 0 Å². The Morgan fingerprint density at radius 3 is 1.36 bits per heavy atom. The molecular formula is C18H38O4. The summed E-state index contributed by atoms with van der Waals surface area (Å²) in [5.74, 6) is 0. The lowest BCUT2D eigenvalue weighted by Gasteiger charge is -2.23. The number of hydrogen-bond acceptors (Lipinski definition) is 4. The highest BCUT2D eigenvalue weighted by Gasteiger charge is 2.24. The maximum absolute atomic E-state index is 9.93. The summed E-state index contributed by atoms with van der Waals surface area (Å²) in [6.07, 6.45) is 7.50. The topological polar surface area (TPSA) is 80.9 Å². The molecule has 0 fully saturated rings. The van der Waals surface area contributed by atoms with E-state index in [0.717, 1.165) is 32.1 Å². The maximum Gasteiger partial charge on any atom is 0.0824 e. The van der Waals surface area contributed by atoms with Gasteiger partial charge in [-0.05, 0) is 12.8 Å². The third kappa shape index (κ3) is 11.4. The van der Waals surface area contributed by atoms with Crippen molar-refractivity contribution in [3.63, 3.8) is 0 Å². The maximum atomic E-state index is 9.93. The first-order valence-corrected chi connectivity index (χ1v) is 9.25. The molecule has 0 spiro atoms. The molecule has 4 nitrogen and oxygen atoms in total. The second kappa shape index (κ2) is 14.4. The highest BCUT2D eigenvalue weighted by molar-refractivity contribution is 4.76. The van der Waals surface area contributed by atoms with Crippen LogP contribution in [0.3, 0.4) is 0 Å². The monoisotopic (exact) mass is 318 g/mol. The Kier molecular flexibility index (Phi) is 14.3. The largest absolute Gasteiger partial charge is 0.390 e. The lowest BCUT2D eigenvalue weighted by atomic mass is 9.96. The van der Waals surface area contributed by atoms with Crippen LogP contribution >= 0.6 is 0 Å². The predicted molar refractivity (Wildman–Crippen MR) is 90.8 cm³/mol.